The molecule has 2 aromatic carbocycles. The maximum Gasteiger partial charge on any atom is 0.338 e. The minimum atomic E-state index is -1.75. The fourth-order valence-electron chi connectivity index (χ4n) is 2.13. The van der Waals surface area contributed by atoms with Crippen molar-refractivity contribution in [3.8, 4) is 0 Å². The molecule has 0 bridgehead atoms. The minimum Gasteiger partial charge on any atom is -0.449 e. The zero-order chi connectivity index (χ0) is 20.3. The second kappa shape index (κ2) is 7.85. The van der Waals surface area contributed by atoms with Gasteiger partial charge in [0.25, 0.3) is 11.6 Å². The standard InChI is InChI=1S/C17H13F3N2O5/c1-8-7-10(3-6-13(8)22(25)26)17(24)27-9(2)16(23)21-12-5-4-11(18)14(19)15(12)20/h3-7,9H,1-2H3,(H,21,23)/t9-/m0/s1. The van der Waals surface area contributed by atoms with E-state index >= 15 is 0 Å². The molecule has 0 aliphatic carbocycles. The first-order chi connectivity index (χ1) is 12.6. The zero-order valence-electron chi connectivity index (χ0n) is 14.1. The first kappa shape index (κ1) is 19.9. The lowest BCUT2D eigenvalue weighted by Crippen LogP contribution is -2.30. The van der Waals surface area contributed by atoms with Gasteiger partial charge in [0.15, 0.2) is 23.6 Å². The number of nitro groups is 1. The van der Waals surface area contributed by atoms with E-state index in [9.17, 15) is 32.9 Å². The Bertz CT molecular complexity index is 933. The molecular weight excluding hydrogens is 369 g/mol. The molecule has 0 aliphatic rings. The Morgan fingerprint density at radius 3 is 2.41 bits per heavy atom. The number of nitro benzene ring substituents is 1. The summed E-state index contributed by atoms with van der Waals surface area (Å²) in [7, 11) is 0. The normalized spacial score (nSPS) is 11.6. The number of halogens is 3. The van der Waals surface area contributed by atoms with E-state index in [2.05, 4.69) is 0 Å². The molecule has 2 rings (SSSR count). The summed E-state index contributed by atoms with van der Waals surface area (Å²) in [4.78, 5) is 34.2. The van der Waals surface area contributed by atoms with Crippen molar-refractivity contribution in [2.45, 2.75) is 20.0 Å². The summed E-state index contributed by atoms with van der Waals surface area (Å²) in [5.41, 5.74) is -0.619. The lowest BCUT2D eigenvalue weighted by Gasteiger charge is -2.14. The van der Waals surface area contributed by atoms with Gasteiger partial charge in [-0.3, -0.25) is 14.9 Å². The third-order valence-corrected chi connectivity index (χ3v) is 3.58. The number of esters is 1. The Morgan fingerprint density at radius 1 is 1.15 bits per heavy atom. The van der Waals surface area contributed by atoms with E-state index in [-0.39, 0.29) is 16.8 Å². The molecule has 27 heavy (non-hydrogen) atoms. The van der Waals surface area contributed by atoms with Gasteiger partial charge in [-0.15, -0.1) is 0 Å². The molecule has 10 heteroatoms. The molecule has 1 atom stereocenters. The van der Waals surface area contributed by atoms with Gasteiger partial charge < -0.3 is 10.1 Å². The van der Waals surface area contributed by atoms with Crippen molar-refractivity contribution in [2.75, 3.05) is 5.32 Å². The molecule has 0 aromatic heterocycles. The number of hydrogen-bond donors (Lipinski definition) is 1. The first-order valence-electron chi connectivity index (χ1n) is 7.52. The van der Waals surface area contributed by atoms with Gasteiger partial charge in [-0.1, -0.05) is 0 Å². The predicted octanol–water partition coefficient (Wildman–Crippen LogP) is 3.50. The Labute approximate surface area is 150 Å². The quantitative estimate of drug-likeness (QED) is 0.369. The van der Waals surface area contributed by atoms with Crippen LogP contribution in [0.3, 0.4) is 0 Å². The number of aryl methyl sites for hydroxylation is 1. The number of carbonyl (C=O) groups excluding carboxylic acids is 2. The smallest absolute Gasteiger partial charge is 0.338 e. The summed E-state index contributed by atoms with van der Waals surface area (Å²) < 4.78 is 44.5. The van der Waals surface area contributed by atoms with Crippen molar-refractivity contribution >= 4 is 23.3 Å². The highest BCUT2D eigenvalue weighted by molar-refractivity contribution is 5.97. The van der Waals surface area contributed by atoms with Crippen LogP contribution in [0.2, 0.25) is 0 Å². The Balaban J connectivity index is 2.08. The lowest BCUT2D eigenvalue weighted by molar-refractivity contribution is -0.385. The van der Waals surface area contributed by atoms with Gasteiger partial charge >= 0.3 is 5.97 Å². The molecular formula is C17H13F3N2O5. The number of hydrogen-bond acceptors (Lipinski definition) is 5. The molecule has 7 nitrogen and oxygen atoms in total. The van der Waals surface area contributed by atoms with Crippen molar-refractivity contribution in [2.24, 2.45) is 0 Å². The van der Waals surface area contributed by atoms with Crippen LogP contribution in [0.4, 0.5) is 24.5 Å². The molecule has 1 amide bonds. The van der Waals surface area contributed by atoms with Gasteiger partial charge in [0.2, 0.25) is 0 Å². The van der Waals surface area contributed by atoms with E-state index in [0.29, 0.717) is 6.07 Å². The molecule has 0 fully saturated rings. The monoisotopic (exact) mass is 382 g/mol. The molecule has 0 heterocycles. The second-order valence-corrected chi connectivity index (χ2v) is 5.52. The average Bonchev–Trinajstić information content (AvgIpc) is 2.61. The van der Waals surface area contributed by atoms with Crippen LogP contribution in [0.5, 0.6) is 0 Å². The Morgan fingerprint density at radius 2 is 1.81 bits per heavy atom. The number of rotatable bonds is 5. The lowest BCUT2D eigenvalue weighted by atomic mass is 10.1. The van der Waals surface area contributed by atoms with Crippen LogP contribution in [0, 0.1) is 34.5 Å². The molecule has 0 saturated carbocycles. The van der Waals surface area contributed by atoms with Crippen LogP contribution in [0.15, 0.2) is 30.3 Å². The third kappa shape index (κ3) is 4.40. The summed E-state index contributed by atoms with van der Waals surface area (Å²) in [6, 6.07) is 4.95. The number of anilines is 1. The van der Waals surface area contributed by atoms with Gasteiger partial charge in [-0.05, 0) is 38.1 Å². The topological polar surface area (TPSA) is 98.5 Å². The van der Waals surface area contributed by atoms with Crippen molar-refractivity contribution in [3.05, 3.63) is 69.0 Å². The zero-order valence-corrected chi connectivity index (χ0v) is 14.1. The van der Waals surface area contributed by atoms with Gasteiger partial charge in [-0.2, -0.15) is 0 Å². The van der Waals surface area contributed by atoms with Gasteiger partial charge in [0, 0.05) is 11.6 Å². The summed E-state index contributed by atoms with van der Waals surface area (Å²) in [5, 5.41) is 12.8. The third-order valence-electron chi connectivity index (χ3n) is 3.58. The summed E-state index contributed by atoms with van der Waals surface area (Å²) in [5.74, 6) is -6.68. The summed E-state index contributed by atoms with van der Waals surface area (Å²) in [6.45, 7) is 2.61. The number of carbonyl (C=O) groups is 2. The van der Waals surface area contributed by atoms with E-state index in [1.807, 2.05) is 5.32 Å². The van der Waals surface area contributed by atoms with E-state index in [0.717, 1.165) is 18.2 Å². The van der Waals surface area contributed by atoms with Crippen LogP contribution < -0.4 is 5.32 Å². The minimum absolute atomic E-state index is 0.0308. The molecule has 142 valence electrons. The molecule has 0 spiro atoms. The van der Waals surface area contributed by atoms with E-state index < -0.39 is 46.0 Å². The van der Waals surface area contributed by atoms with Crippen LogP contribution in [0.25, 0.3) is 0 Å². The maximum atomic E-state index is 13.6. The van der Waals surface area contributed by atoms with Crippen molar-refractivity contribution in [1.29, 1.82) is 0 Å². The molecule has 0 saturated heterocycles. The van der Waals surface area contributed by atoms with Crippen LogP contribution >= 0.6 is 0 Å². The summed E-state index contributed by atoms with van der Waals surface area (Å²) in [6.07, 6.45) is -1.40. The van der Waals surface area contributed by atoms with Crippen molar-refractivity contribution in [3.63, 3.8) is 0 Å². The maximum absolute atomic E-state index is 13.6. The van der Waals surface area contributed by atoms with E-state index in [1.165, 1.54) is 19.9 Å². The number of ether oxygens (including phenoxy) is 1. The number of nitrogens with zero attached hydrogens (tertiary/aromatic N) is 1. The Hall–Kier alpha value is -3.43. The highest BCUT2D eigenvalue weighted by Gasteiger charge is 2.23. The average molecular weight is 382 g/mol. The van der Waals surface area contributed by atoms with Gasteiger partial charge in [-0.25, -0.2) is 18.0 Å². The predicted molar refractivity (Wildman–Crippen MR) is 87.7 cm³/mol. The van der Waals surface area contributed by atoms with Crippen molar-refractivity contribution < 1.29 is 32.4 Å². The highest BCUT2D eigenvalue weighted by atomic mass is 19.2. The molecule has 0 radical (unpaired) electrons. The highest BCUT2D eigenvalue weighted by Crippen LogP contribution is 2.21. The molecule has 2 aromatic rings. The van der Waals surface area contributed by atoms with Crippen molar-refractivity contribution in [1.82, 2.24) is 0 Å². The van der Waals surface area contributed by atoms with Crippen LogP contribution in [-0.2, 0) is 9.53 Å². The van der Waals surface area contributed by atoms with Gasteiger partial charge in [0.05, 0.1) is 16.2 Å². The molecule has 0 aliphatic heterocycles. The molecule has 1 N–H and O–H groups in total. The van der Waals surface area contributed by atoms with Crippen LogP contribution in [0.1, 0.15) is 22.8 Å². The fourth-order valence-corrected chi connectivity index (χ4v) is 2.13. The van der Waals surface area contributed by atoms with Crippen LogP contribution in [-0.4, -0.2) is 22.9 Å². The second-order valence-electron chi connectivity index (χ2n) is 5.52. The molecule has 0 unspecified atom stereocenters. The SMILES string of the molecule is Cc1cc(C(=O)O[C@@H](C)C(=O)Nc2ccc(F)c(F)c2F)ccc1[N+](=O)[O-]. The Kier molecular flexibility index (Phi) is 5.78. The first-order valence-corrected chi connectivity index (χ1v) is 7.52. The largest absolute Gasteiger partial charge is 0.449 e. The van der Waals surface area contributed by atoms with E-state index in [4.69, 9.17) is 4.74 Å². The number of benzene rings is 2. The van der Waals surface area contributed by atoms with E-state index in [1.54, 1.807) is 0 Å². The summed E-state index contributed by atoms with van der Waals surface area (Å²) >= 11 is 0. The van der Waals surface area contributed by atoms with Gasteiger partial charge in [0.1, 0.15) is 0 Å². The number of amides is 1. The number of nitrogens with one attached hydrogen (secondary N) is 1. The fraction of sp³-hybridized carbons (Fsp3) is 0.176.